The summed E-state index contributed by atoms with van der Waals surface area (Å²) >= 11 is 0. The van der Waals surface area contributed by atoms with Crippen molar-refractivity contribution < 1.29 is 22.7 Å². The van der Waals surface area contributed by atoms with Crippen molar-refractivity contribution in [1.29, 1.82) is 0 Å². The standard InChI is InChI=1S/C11H15F3N2O2/c1-16-7-9(6-15-16)2-3-10(17)4-5-18-8-11(12,13)14/h6-7H,2-5,8H2,1H3. The van der Waals surface area contributed by atoms with Gasteiger partial charge in [0, 0.05) is 26.1 Å². The number of aryl methyl sites for hydroxylation is 2. The van der Waals surface area contributed by atoms with E-state index in [4.69, 9.17) is 0 Å². The number of ketones is 1. The van der Waals surface area contributed by atoms with E-state index >= 15 is 0 Å². The summed E-state index contributed by atoms with van der Waals surface area (Å²) in [6.45, 7) is -1.49. The van der Waals surface area contributed by atoms with Gasteiger partial charge in [-0.25, -0.2) is 0 Å². The number of carbonyl (C=O) groups excluding carboxylic acids is 1. The molecule has 0 N–H and O–H groups in total. The van der Waals surface area contributed by atoms with Crippen molar-refractivity contribution in [3.63, 3.8) is 0 Å². The molecule has 0 spiro atoms. The highest BCUT2D eigenvalue weighted by molar-refractivity contribution is 5.78. The number of hydrogen-bond donors (Lipinski definition) is 0. The molecule has 0 aromatic carbocycles. The minimum Gasteiger partial charge on any atom is -0.372 e. The number of hydrogen-bond acceptors (Lipinski definition) is 3. The molecule has 1 rings (SSSR count). The second-order valence-electron chi connectivity index (χ2n) is 3.98. The summed E-state index contributed by atoms with van der Waals surface area (Å²) < 4.78 is 41.2. The lowest BCUT2D eigenvalue weighted by atomic mass is 10.1. The van der Waals surface area contributed by atoms with Gasteiger partial charge >= 0.3 is 6.18 Å². The molecule has 0 aliphatic carbocycles. The molecule has 7 heteroatoms. The van der Waals surface area contributed by atoms with Crippen LogP contribution in [0.5, 0.6) is 0 Å². The fourth-order valence-electron chi connectivity index (χ4n) is 1.38. The van der Waals surface area contributed by atoms with Crippen LogP contribution in [-0.4, -0.2) is 35.0 Å². The predicted octanol–water partition coefficient (Wildman–Crippen LogP) is 1.89. The van der Waals surface area contributed by atoms with Crippen molar-refractivity contribution in [2.75, 3.05) is 13.2 Å². The van der Waals surface area contributed by atoms with E-state index in [1.165, 1.54) is 0 Å². The van der Waals surface area contributed by atoms with Crippen molar-refractivity contribution in [3.8, 4) is 0 Å². The zero-order chi connectivity index (χ0) is 13.6. The molecule has 18 heavy (non-hydrogen) atoms. The van der Waals surface area contributed by atoms with Crippen LogP contribution in [0.15, 0.2) is 12.4 Å². The molecule has 0 aliphatic rings. The van der Waals surface area contributed by atoms with Crippen LogP contribution in [0.3, 0.4) is 0 Å². The van der Waals surface area contributed by atoms with Crippen LogP contribution in [0.1, 0.15) is 18.4 Å². The van der Waals surface area contributed by atoms with Crippen molar-refractivity contribution in [2.24, 2.45) is 7.05 Å². The van der Waals surface area contributed by atoms with Crippen molar-refractivity contribution in [1.82, 2.24) is 9.78 Å². The van der Waals surface area contributed by atoms with Crippen LogP contribution in [-0.2, 0) is 23.0 Å². The third-order valence-corrected chi connectivity index (χ3v) is 2.24. The lowest BCUT2D eigenvalue weighted by molar-refractivity contribution is -0.174. The monoisotopic (exact) mass is 264 g/mol. The van der Waals surface area contributed by atoms with Gasteiger partial charge in [-0.2, -0.15) is 18.3 Å². The van der Waals surface area contributed by atoms with Gasteiger partial charge < -0.3 is 4.74 Å². The molecule has 1 aromatic heterocycles. The summed E-state index contributed by atoms with van der Waals surface area (Å²) in [4.78, 5) is 11.4. The number of halogens is 3. The molecule has 1 aromatic rings. The Kier molecular flexibility index (Phi) is 5.33. The maximum absolute atomic E-state index is 11.7. The number of alkyl halides is 3. The van der Waals surface area contributed by atoms with Crippen LogP contribution >= 0.6 is 0 Å². The van der Waals surface area contributed by atoms with E-state index in [0.29, 0.717) is 12.8 Å². The first-order chi connectivity index (χ1) is 8.37. The Balaban J connectivity index is 2.11. The molecule has 0 aliphatic heterocycles. The maximum atomic E-state index is 11.7. The normalized spacial score (nSPS) is 11.8. The molecule has 0 fully saturated rings. The van der Waals surface area contributed by atoms with Gasteiger partial charge in [-0.15, -0.1) is 0 Å². The molecule has 102 valence electrons. The smallest absolute Gasteiger partial charge is 0.372 e. The molecule has 0 saturated heterocycles. The van der Waals surface area contributed by atoms with Crippen LogP contribution in [0, 0.1) is 0 Å². The predicted molar refractivity (Wildman–Crippen MR) is 58.0 cm³/mol. The molecule has 1 heterocycles. The van der Waals surface area contributed by atoms with Gasteiger partial charge in [0.2, 0.25) is 0 Å². The molecule has 0 radical (unpaired) electrons. The topological polar surface area (TPSA) is 44.1 Å². The van der Waals surface area contributed by atoms with E-state index in [1.807, 2.05) is 0 Å². The van der Waals surface area contributed by atoms with E-state index < -0.39 is 12.8 Å². The third-order valence-electron chi connectivity index (χ3n) is 2.24. The van der Waals surface area contributed by atoms with E-state index in [2.05, 4.69) is 9.84 Å². The van der Waals surface area contributed by atoms with E-state index in [1.54, 1.807) is 24.1 Å². The second kappa shape index (κ2) is 6.53. The van der Waals surface area contributed by atoms with Gasteiger partial charge in [0.05, 0.1) is 12.8 Å². The summed E-state index contributed by atoms with van der Waals surface area (Å²) in [7, 11) is 1.77. The maximum Gasteiger partial charge on any atom is 0.411 e. The number of aromatic nitrogens is 2. The molecule has 0 unspecified atom stereocenters. The molecular formula is C11H15F3N2O2. The summed E-state index contributed by atoms with van der Waals surface area (Å²) in [6, 6.07) is 0. The summed E-state index contributed by atoms with van der Waals surface area (Å²) in [5, 5.41) is 3.95. The zero-order valence-electron chi connectivity index (χ0n) is 10.0. The highest BCUT2D eigenvalue weighted by Crippen LogP contribution is 2.14. The Labute approximate surface area is 103 Å². The van der Waals surface area contributed by atoms with E-state index in [-0.39, 0.29) is 18.8 Å². The van der Waals surface area contributed by atoms with Gasteiger partial charge in [-0.1, -0.05) is 0 Å². The van der Waals surface area contributed by atoms with Gasteiger partial charge in [0.15, 0.2) is 0 Å². The van der Waals surface area contributed by atoms with Crippen molar-refractivity contribution >= 4 is 5.78 Å². The largest absolute Gasteiger partial charge is 0.411 e. The third kappa shape index (κ3) is 6.39. The number of carbonyl (C=O) groups is 1. The zero-order valence-corrected chi connectivity index (χ0v) is 10.0. The molecule has 0 amide bonds. The van der Waals surface area contributed by atoms with Crippen LogP contribution in [0.2, 0.25) is 0 Å². The number of Topliss-reactive ketones (excluding diaryl/α,β-unsaturated/α-hetero) is 1. The lowest BCUT2D eigenvalue weighted by Gasteiger charge is -2.06. The Morgan fingerprint density at radius 1 is 1.44 bits per heavy atom. The average Bonchev–Trinajstić information content (AvgIpc) is 2.66. The van der Waals surface area contributed by atoms with Crippen molar-refractivity contribution in [3.05, 3.63) is 18.0 Å². The number of rotatable bonds is 7. The minimum atomic E-state index is -4.33. The highest BCUT2D eigenvalue weighted by atomic mass is 19.4. The molecular weight excluding hydrogens is 249 g/mol. The molecule has 0 saturated carbocycles. The average molecular weight is 264 g/mol. The van der Waals surface area contributed by atoms with Crippen molar-refractivity contribution in [2.45, 2.75) is 25.4 Å². The van der Waals surface area contributed by atoms with Crippen LogP contribution in [0.25, 0.3) is 0 Å². The summed E-state index contributed by atoms with van der Waals surface area (Å²) in [5.41, 5.74) is 0.932. The molecule has 0 atom stereocenters. The fourth-order valence-corrected chi connectivity index (χ4v) is 1.38. The van der Waals surface area contributed by atoms with E-state index in [9.17, 15) is 18.0 Å². The van der Waals surface area contributed by atoms with Gasteiger partial charge in [-0.3, -0.25) is 9.48 Å². The van der Waals surface area contributed by atoms with Gasteiger partial charge in [0.25, 0.3) is 0 Å². The van der Waals surface area contributed by atoms with Crippen LogP contribution < -0.4 is 0 Å². The molecule has 4 nitrogen and oxygen atoms in total. The second-order valence-corrected chi connectivity index (χ2v) is 3.98. The number of nitrogens with zero attached hydrogens (tertiary/aromatic N) is 2. The summed E-state index contributed by atoms with van der Waals surface area (Å²) in [5.74, 6) is -0.110. The SMILES string of the molecule is Cn1cc(CCC(=O)CCOCC(F)(F)F)cn1. The quantitative estimate of drug-likeness (QED) is 0.706. The Hall–Kier alpha value is -1.37. The Morgan fingerprint density at radius 3 is 2.72 bits per heavy atom. The first-order valence-corrected chi connectivity index (χ1v) is 5.50. The van der Waals surface area contributed by atoms with Gasteiger partial charge in [-0.05, 0) is 12.0 Å². The van der Waals surface area contributed by atoms with Crippen LogP contribution in [0.4, 0.5) is 13.2 Å². The lowest BCUT2D eigenvalue weighted by Crippen LogP contribution is -2.18. The van der Waals surface area contributed by atoms with Gasteiger partial charge in [0.1, 0.15) is 12.4 Å². The fraction of sp³-hybridized carbons (Fsp3) is 0.636. The number of ether oxygens (including phenoxy) is 1. The first kappa shape index (κ1) is 14.7. The Bertz CT molecular complexity index is 388. The minimum absolute atomic E-state index is 0.0103. The highest BCUT2D eigenvalue weighted by Gasteiger charge is 2.27. The Morgan fingerprint density at radius 2 is 2.17 bits per heavy atom. The summed E-state index contributed by atoms with van der Waals surface area (Å²) in [6.07, 6.45) is -0.0248. The van der Waals surface area contributed by atoms with E-state index in [0.717, 1.165) is 5.56 Å². The first-order valence-electron chi connectivity index (χ1n) is 5.50. The molecule has 0 bridgehead atoms.